The SMILES string of the molecule is COC[C@H](C)Oc1cc(Oc2ccc(C(=O)N3CCC3)cc2)cc(C(=O)Nc2nc3c(s2)CN(c2ncccn2)CC3)c1. The second-order valence-corrected chi connectivity index (χ2v) is 11.5. The van der Waals surface area contributed by atoms with Gasteiger partial charge < -0.3 is 24.0 Å². The van der Waals surface area contributed by atoms with Crippen molar-refractivity contribution in [2.45, 2.75) is 32.4 Å². The second-order valence-electron chi connectivity index (χ2n) is 10.4. The van der Waals surface area contributed by atoms with Gasteiger partial charge in [-0.05, 0) is 55.8 Å². The van der Waals surface area contributed by atoms with E-state index in [9.17, 15) is 9.59 Å². The minimum Gasteiger partial charge on any atom is -0.488 e. The lowest BCUT2D eigenvalue weighted by molar-refractivity contribution is 0.0651. The zero-order valence-corrected chi connectivity index (χ0v) is 24.8. The van der Waals surface area contributed by atoms with E-state index < -0.39 is 0 Å². The maximum Gasteiger partial charge on any atom is 0.257 e. The molecular weight excluding hydrogens is 568 g/mol. The van der Waals surface area contributed by atoms with Crippen LogP contribution < -0.4 is 19.7 Å². The van der Waals surface area contributed by atoms with Crippen molar-refractivity contribution in [2.24, 2.45) is 0 Å². The van der Waals surface area contributed by atoms with Crippen LogP contribution in [0, 0.1) is 0 Å². The molecule has 6 rings (SSSR count). The highest BCUT2D eigenvalue weighted by molar-refractivity contribution is 7.15. The molecule has 11 nitrogen and oxygen atoms in total. The van der Waals surface area contributed by atoms with Gasteiger partial charge >= 0.3 is 0 Å². The van der Waals surface area contributed by atoms with Gasteiger partial charge in [-0.1, -0.05) is 11.3 Å². The Morgan fingerprint density at radius 2 is 1.77 bits per heavy atom. The highest BCUT2D eigenvalue weighted by atomic mass is 32.1. The van der Waals surface area contributed by atoms with Crippen LogP contribution >= 0.6 is 11.3 Å². The van der Waals surface area contributed by atoms with Crippen LogP contribution in [-0.2, 0) is 17.7 Å². The van der Waals surface area contributed by atoms with Crippen molar-refractivity contribution in [3.63, 3.8) is 0 Å². The van der Waals surface area contributed by atoms with E-state index in [-0.39, 0.29) is 17.9 Å². The first-order valence-corrected chi connectivity index (χ1v) is 15.0. The fourth-order valence-electron chi connectivity index (χ4n) is 4.88. The summed E-state index contributed by atoms with van der Waals surface area (Å²) in [6.45, 7) is 5.24. The summed E-state index contributed by atoms with van der Waals surface area (Å²) in [4.78, 5) is 44.3. The van der Waals surface area contributed by atoms with Gasteiger partial charge in [0.05, 0.1) is 18.8 Å². The lowest BCUT2D eigenvalue weighted by Gasteiger charge is -2.30. The number of methoxy groups -OCH3 is 1. The van der Waals surface area contributed by atoms with Crippen molar-refractivity contribution < 1.29 is 23.8 Å². The molecule has 2 aromatic heterocycles. The van der Waals surface area contributed by atoms with Gasteiger partial charge in [-0.2, -0.15) is 0 Å². The summed E-state index contributed by atoms with van der Waals surface area (Å²) in [6, 6.07) is 13.8. The average Bonchev–Trinajstić information content (AvgIpc) is 3.38. The topological polar surface area (TPSA) is 119 Å². The maximum absolute atomic E-state index is 13.4. The number of benzene rings is 2. The Balaban J connectivity index is 1.18. The fourth-order valence-corrected chi connectivity index (χ4v) is 5.90. The number of ether oxygens (including phenoxy) is 3. The molecule has 2 aromatic carbocycles. The minimum atomic E-state index is -0.334. The van der Waals surface area contributed by atoms with Gasteiger partial charge in [0.1, 0.15) is 23.4 Å². The second kappa shape index (κ2) is 12.8. The molecule has 1 saturated heterocycles. The lowest BCUT2D eigenvalue weighted by Crippen LogP contribution is -2.41. The van der Waals surface area contributed by atoms with Crippen LogP contribution in [0.25, 0.3) is 0 Å². The molecule has 2 aliphatic heterocycles. The molecule has 4 heterocycles. The number of carbonyl (C=O) groups excluding carboxylic acids is 2. The first-order valence-electron chi connectivity index (χ1n) is 14.1. The van der Waals surface area contributed by atoms with Crippen LogP contribution in [0.15, 0.2) is 60.9 Å². The zero-order valence-electron chi connectivity index (χ0n) is 24.0. The molecule has 222 valence electrons. The van der Waals surface area contributed by atoms with Crippen LogP contribution in [-0.4, -0.2) is 71.1 Å². The monoisotopic (exact) mass is 600 g/mol. The van der Waals surface area contributed by atoms with Crippen LogP contribution in [0.5, 0.6) is 17.2 Å². The third-order valence-electron chi connectivity index (χ3n) is 7.15. The number of fused-ring (bicyclic) bond motifs is 1. The summed E-state index contributed by atoms with van der Waals surface area (Å²) >= 11 is 1.45. The average molecular weight is 601 g/mol. The Labute approximate surface area is 253 Å². The van der Waals surface area contributed by atoms with Gasteiger partial charge in [0.25, 0.3) is 11.8 Å². The Hall–Kier alpha value is -4.55. The molecule has 0 unspecified atom stereocenters. The Bertz CT molecular complexity index is 1590. The normalized spacial score (nSPS) is 14.8. The van der Waals surface area contributed by atoms with E-state index in [1.54, 1.807) is 68.0 Å². The summed E-state index contributed by atoms with van der Waals surface area (Å²) in [5, 5.41) is 3.47. The largest absolute Gasteiger partial charge is 0.488 e. The van der Waals surface area contributed by atoms with Crippen molar-refractivity contribution >= 4 is 34.2 Å². The van der Waals surface area contributed by atoms with E-state index in [1.807, 2.05) is 11.8 Å². The lowest BCUT2D eigenvalue weighted by atomic mass is 10.1. The Kier molecular flexibility index (Phi) is 8.47. The number of thiazole rings is 1. The molecule has 12 heteroatoms. The standard InChI is InChI=1S/C31H32N6O5S/c1-20(19-40-2)41-24-15-22(16-25(17-24)42-23-7-5-21(6-8-23)29(39)36-12-4-13-36)28(38)35-31-34-26-9-14-37(18-27(26)43-31)30-32-10-3-11-33-30/h3,5-8,10-11,15-17,20H,4,9,12-14,18-19H2,1-2H3,(H,34,35,38)/t20-/m0/s1. The number of aromatic nitrogens is 3. The molecule has 1 atom stereocenters. The summed E-state index contributed by atoms with van der Waals surface area (Å²) in [7, 11) is 1.61. The molecule has 0 radical (unpaired) electrons. The molecule has 0 bridgehead atoms. The zero-order chi connectivity index (χ0) is 29.8. The van der Waals surface area contributed by atoms with E-state index in [1.165, 1.54) is 11.3 Å². The molecule has 1 fully saturated rings. The van der Waals surface area contributed by atoms with E-state index in [2.05, 4.69) is 25.2 Å². The minimum absolute atomic E-state index is 0.0178. The quantitative estimate of drug-likeness (QED) is 0.274. The van der Waals surface area contributed by atoms with Gasteiger partial charge in [-0.3, -0.25) is 14.9 Å². The fraction of sp³-hybridized carbons (Fsp3) is 0.323. The van der Waals surface area contributed by atoms with Gasteiger partial charge in [-0.25, -0.2) is 15.0 Å². The first-order chi connectivity index (χ1) is 20.9. The van der Waals surface area contributed by atoms with Crippen molar-refractivity contribution in [1.29, 1.82) is 0 Å². The number of hydrogen-bond acceptors (Lipinski definition) is 10. The van der Waals surface area contributed by atoms with Crippen molar-refractivity contribution in [1.82, 2.24) is 19.9 Å². The van der Waals surface area contributed by atoms with E-state index in [0.29, 0.717) is 52.6 Å². The summed E-state index contributed by atoms with van der Waals surface area (Å²) in [5.74, 6) is 1.79. The van der Waals surface area contributed by atoms with Gasteiger partial charge in [-0.15, -0.1) is 0 Å². The first kappa shape index (κ1) is 28.6. The van der Waals surface area contributed by atoms with Crippen molar-refractivity contribution in [2.75, 3.05) is 43.6 Å². The third-order valence-corrected chi connectivity index (χ3v) is 8.15. The number of hydrogen-bond donors (Lipinski definition) is 1. The number of nitrogens with one attached hydrogen (secondary N) is 1. The molecule has 0 aliphatic carbocycles. The van der Waals surface area contributed by atoms with E-state index in [4.69, 9.17) is 14.2 Å². The number of likely N-dealkylation sites (tertiary alicyclic amines) is 1. The number of amides is 2. The maximum atomic E-state index is 13.4. The van der Waals surface area contributed by atoms with Crippen molar-refractivity contribution in [3.8, 4) is 17.2 Å². The summed E-state index contributed by atoms with van der Waals surface area (Å²) < 4.78 is 17.3. The Morgan fingerprint density at radius 3 is 2.49 bits per heavy atom. The number of rotatable bonds is 10. The molecule has 2 amide bonds. The third kappa shape index (κ3) is 6.76. The van der Waals surface area contributed by atoms with Crippen LogP contribution in [0.1, 0.15) is 44.6 Å². The van der Waals surface area contributed by atoms with Crippen molar-refractivity contribution in [3.05, 3.63) is 82.6 Å². The number of anilines is 2. The predicted octanol–water partition coefficient (Wildman–Crippen LogP) is 4.80. The molecule has 2 aliphatic rings. The smallest absolute Gasteiger partial charge is 0.257 e. The van der Waals surface area contributed by atoms with Gasteiger partial charge in [0.15, 0.2) is 5.13 Å². The molecule has 43 heavy (non-hydrogen) atoms. The van der Waals surface area contributed by atoms with E-state index >= 15 is 0 Å². The molecule has 0 spiro atoms. The molecular formula is C31H32N6O5S. The predicted molar refractivity (Wildman–Crippen MR) is 162 cm³/mol. The Morgan fingerprint density at radius 1 is 1.00 bits per heavy atom. The molecule has 1 N–H and O–H groups in total. The van der Waals surface area contributed by atoms with E-state index in [0.717, 1.165) is 43.0 Å². The van der Waals surface area contributed by atoms with Crippen LogP contribution in [0.3, 0.4) is 0 Å². The van der Waals surface area contributed by atoms with Gasteiger partial charge in [0.2, 0.25) is 5.95 Å². The highest BCUT2D eigenvalue weighted by Crippen LogP contribution is 2.32. The number of carbonyl (C=O) groups is 2. The molecule has 0 saturated carbocycles. The van der Waals surface area contributed by atoms with Crippen LogP contribution in [0.2, 0.25) is 0 Å². The van der Waals surface area contributed by atoms with Crippen LogP contribution in [0.4, 0.5) is 11.1 Å². The van der Waals surface area contributed by atoms with Gasteiger partial charge in [0, 0.05) is 67.6 Å². The summed E-state index contributed by atoms with van der Waals surface area (Å²) in [5.41, 5.74) is 1.94. The number of nitrogens with zero attached hydrogens (tertiary/aromatic N) is 5. The summed E-state index contributed by atoms with van der Waals surface area (Å²) in [6.07, 6.45) is 4.99. The molecule has 4 aromatic rings. The highest BCUT2D eigenvalue weighted by Gasteiger charge is 2.24.